The number of hydrogen-bond acceptors (Lipinski definition) is 4. The fourth-order valence-corrected chi connectivity index (χ4v) is 6.42. The third-order valence-corrected chi connectivity index (χ3v) is 9.70. The molecule has 0 amide bonds. The van der Waals surface area contributed by atoms with Crippen LogP contribution in [-0.4, -0.2) is 41.4 Å². The molecule has 1 atom stereocenters. The molecule has 1 N–H and O–H groups in total. The van der Waals surface area contributed by atoms with Crippen molar-refractivity contribution < 1.29 is 14.7 Å². The summed E-state index contributed by atoms with van der Waals surface area (Å²) >= 11 is 0. The molecule has 0 fully saturated rings. The van der Waals surface area contributed by atoms with E-state index in [1.807, 2.05) is 0 Å². The number of carbonyl (C=O) groups excluding carboxylic acids is 2. The Balaban J connectivity index is 0. The number of rotatable bonds is 36. The van der Waals surface area contributed by atoms with Gasteiger partial charge in [-0.3, -0.25) is 14.5 Å². The van der Waals surface area contributed by atoms with E-state index in [1.54, 1.807) is 19.0 Å². The van der Waals surface area contributed by atoms with Crippen molar-refractivity contribution in [1.29, 1.82) is 0 Å². The predicted molar refractivity (Wildman–Crippen MR) is 200 cm³/mol. The number of carbonyl (C=O) groups is 2. The Morgan fingerprint density at radius 3 is 0.956 bits per heavy atom. The number of unbranched alkanes of at least 4 members (excludes halogenated alkanes) is 28. The van der Waals surface area contributed by atoms with E-state index >= 15 is 0 Å². The molecule has 0 aliphatic heterocycles. The summed E-state index contributed by atoms with van der Waals surface area (Å²) < 4.78 is 0. The molecule has 45 heavy (non-hydrogen) atoms. The van der Waals surface area contributed by atoms with Crippen LogP contribution in [0.3, 0.4) is 0 Å². The third-order valence-electron chi connectivity index (χ3n) is 9.70. The van der Waals surface area contributed by atoms with Crippen molar-refractivity contribution in [2.45, 2.75) is 231 Å². The first-order valence-electron chi connectivity index (χ1n) is 19.8. The average molecular weight is 659 g/mol. The summed E-state index contributed by atoms with van der Waals surface area (Å²) in [7, 11) is 3.43. The van der Waals surface area contributed by atoms with E-state index in [9.17, 15) is 14.7 Å². The van der Waals surface area contributed by atoms with Crippen LogP contribution in [0.4, 0.5) is 0 Å². The quantitative estimate of drug-likeness (QED) is 0.0538. The van der Waals surface area contributed by atoms with E-state index in [-0.39, 0.29) is 30.4 Å². The summed E-state index contributed by atoms with van der Waals surface area (Å²) in [5.41, 5.74) is -1.65. The molecule has 0 aromatic carbocycles. The van der Waals surface area contributed by atoms with Crippen molar-refractivity contribution >= 4 is 24.0 Å². The maximum atomic E-state index is 12.9. The van der Waals surface area contributed by atoms with Gasteiger partial charge in [-0.15, -0.1) is 12.4 Å². The normalized spacial score (nSPS) is 12.8. The molecule has 0 heterocycles. The van der Waals surface area contributed by atoms with Crippen molar-refractivity contribution in [2.24, 2.45) is 0 Å². The van der Waals surface area contributed by atoms with Gasteiger partial charge in [0, 0.05) is 12.8 Å². The maximum absolute atomic E-state index is 12.9. The number of nitrogens with zero attached hydrogens (tertiary/aromatic N) is 1. The first-order valence-corrected chi connectivity index (χ1v) is 19.8. The van der Waals surface area contributed by atoms with Gasteiger partial charge >= 0.3 is 0 Å². The lowest BCUT2D eigenvalue weighted by molar-refractivity contribution is -0.161. The number of Topliss-reactive ketones (excluding diaryl/α,β-unsaturated/α-hetero) is 2. The smallest absolute Gasteiger partial charge is 0.184 e. The number of hydrogen-bond donors (Lipinski definition) is 1. The zero-order valence-corrected chi connectivity index (χ0v) is 31.8. The predicted octanol–water partition coefficient (Wildman–Crippen LogP) is 12.7. The lowest BCUT2D eigenvalue weighted by atomic mass is 9.93. The summed E-state index contributed by atoms with van der Waals surface area (Å²) in [6.45, 7) is 4.55. The van der Waals surface area contributed by atoms with Gasteiger partial charge in [0.05, 0.1) is 6.42 Å². The van der Waals surface area contributed by atoms with Gasteiger partial charge < -0.3 is 5.11 Å². The zero-order valence-electron chi connectivity index (χ0n) is 31.0. The number of aliphatic hydroxyl groups is 1. The Kier molecular flexibility index (Phi) is 36.2. The van der Waals surface area contributed by atoms with E-state index in [0.29, 0.717) is 12.8 Å². The van der Waals surface area contributed by atoms with Gasteiger partial charge in [0.25, 0.3) is 0 Å². The van der Waals surface area contributed by atoms with Gasteiger partial charge in [0.2, 0.25) is 0 Å². The number of ketones is 2. The molecule has 0 saturated heterocycles. The van der Waals surface area contributed by atoms with Crippen molar-refractivity contribution in [1.82, 2.24) is 4.90 Å². The highest BCUT2D eigenvalue weighted by atomic mass is 35.5. The third kappa shape index (κ3) is 29.4. The Hall–Kier alpha value is -0.450. The minimum Gasteiger partial charge on any atom is -0.368 e. The van der Waals surface area contributed by atoms with E-state index < -0.39 is 5.72 Å². The van der Waals surface area contributed by atoms with Crippen molar-refractivity contribution in [3.05, 3.63) is 0 Å². The van der Waals surface area contributed by atoms with Crippen LogP contribution in [0.1, 0.15) is 226 Å². The topological polar surface area (TPSA) is 57.6 Å². The molecule has 0 aromatic heterocycles. The SMILES string of the molecule is CCCCCCCCCCCCCCCCCC(=O)CC(O)(C(=O)CCCCCCCCCCCCCCCCC)N(C)C.Cl. The van der Waals surface area contributed by atoms with E-state index in [2.05, 4.69) is 13.8 Å². The lowest BCUT2D eigenvalue weighted by Gasteiger charge is -2.32. The highest BCUT2D eigenvalue weighted by molar-refractivity contribution is 5.92. The van der Waals surface area contributed by atoms with Crippen molar-refractivity contribution in [2.75, 3.05) is 14.1 Å². The largest absolute Gasteiger partial charge is 0.368 e. The monoisotopic (exact) mass is 658 g/mol. The van der Waals surface area contributed by atoms with Crippen molar-refractivity contribution in [3.8, 4) is 0 Å². The van der Waals surface area contributed by atoms with Gasteiger partial charge in [-0.25, -0.2) is 0 Å². The van der Waals surface area contributed by atoms with Crippen LogP contribution in [0.15, 0.2) is 0 Å². The fourth-order valence-electron chi connectivity index (χ4n) is 6.42. The average Bonchev–Trinajstić information content (AvgIpc) is 3.00. The molecule has 270 valence electrons. The van der Waals surface area contributed by atoms with Crippen LogP contribution in [0.25, 0.3) is 0 Å². The second kappa shape index (κ2) is 34.9. The Morgan fingerprint density at radius 2 is 0.689 bits per heavy atom. The van der Waals surface area contributed by atoms with Crippen molar-refractivity contribution in [3.63, 3.8) is 0 Å². The zero-order chi connectivity index (χ0) is 32.6. The van der Waals surface area contributed by atoms with Gasteiger partial charge in [-0.1, -0.05) is 194 Å². The molecule has 4 nitrogen and oxygen atoms in total. The van der Waals surface area contributed by atoms with E-state index in [4.69, 9.17) is 0 Å². The Morgan fingerprint density at radius 1 is 0.444 bits per heavy atom. The number of likely N-dealkylation sites (N-methyl/N-ethyl adjacent to an activating group) is 1. The van der Waals surface area contributed by atoms with Crippen LogP contribution in [0, 0.1) is 0 Å². The van der Waals surface area contributed by atoms with Crippen LogP contribution in [0.2, 0.25) is 0 Å². The van der Waals surface area contributed by atoms with Crippen LogP contribution in [0.5, 0.6) is 0 Å². The molecule has 0 saturated carbocycles. The summed E-state index contributed by atoms with van der Waals surface area (Å²) in [6, 6.07) is 0. The minimum atomic E-state index is -1.65. The Labute approximate surface area is 288 Å². The second-order valence-corrected chi connectivity index (χ2v) is 14.2. The summed E-state index contributed by atoms with van der Waals surface area (Å²) in [6.07, 6.45) is 39.6. The molecular weight excluding hydrogens is 578 g/mol. The first kappa shape index (κ1) is 46.7. The number of halogens is 1. The standard InChI is InChI=1S/C40H79NO3.ClH/c1-5-7-9-11-13-15-17-19-21-23-25-27-29-31-33-35-38(42)37-40(44,41(3)4)39(43)36-34-32-30-28-26-24-22-20-18-16-14-12-10-8-6-2;/h44H,5-37H2,1-4H3;1H. The van der Waals surface area contributed by atoms with Crippen LogP contribution in [-0.2, 0) is 9.59 Å². The molecule has 0 spiro atoms. The molecule has 1 unspecified atom stereocenters. The summed E-state index contributed by atoms with van der Waals surface area (Å²) in [5, 5.41) is 11.1. The Bertz CT molecular complexity index is 641. The molecule has 0 aromatic rings. The highest BCUT2D eigenvalue weighted by Crippen LogP contribution is 2.22. The lowest BCUT2D eigenvalue weighted by Crippen LogP contribution is -2.52. The van der Waals surface area contributed by atoms with Gasteiger partial charge in [0.15, 0.2) is 11.5 Å². The highest BCUT2D eigenvalue weighted by Gasteiger charge is 2.39. The van der Waals surface area contributed by atoms with Gasteiger partial charge in [-0.05, 0) is 26.9 Å². The summed E-state index contributed by atoms with van der Waals surface area (Å²) in [4.78, 5) is 27.2. The van der Waals surface area contributed by atoms with Gasteiger partial charge in [0.1, 0.15) is 5.78 Å². The molecule has 5 heteroatoms. The molecular formula is C40H80ClNO3. The van der Waals surface area contributed by atoms with Crippen LogP contribution >= 0.6 is 12.4 Å². The van der Waals surface area contributed by atoms with Gasteiger partial charge in [-0.2, -0.15) is 0 Å². The first-order chi connectivity index (χ1) is 21.4. The van der Waals surface area contributed by atoms with E-state index in [0.717, 1.165) is 32.1 Å². The molecule has 0 radical (unpaired) electrons. The molecule has 0 bridgehead atoms. The van der Waals surface area contributed by atoms with E-state index in [1.165, 1.54) is 161 Å². The molecule has 0 aliphatic carbocycles. The van der Waals surface area contributed by atoms with Crippen LogP contribution < -0.4 is 0 Å². The fraction of sp³-hybridized carbons (Fsp3) is 0.950. The second-order valence-electron chi connectivity index (χ2n) is 14.2. The maximum Gasteiger partial charge on any atom is 0.184 e. The molecule has 0 rings (SSSR count). The summed E-state index contributed by atoms with van der Waals surface area (Å²) in [5.74, 6) is -0.178. The molecule has 0 aliphatic rings. The minimum absolute atomic E-state index is 0.